The Balaban J connectivity index is 1.99. The van der Waals surface area contributed by atoms with E-state index in [0.29, 0.717) is 6.42 Å². The maximum Gasteiger partial charge on any atom is 0.314 e. The fourth-order valence-electron chi connectivity index (χ4n) is 2.88. The average molecular weight is 252 g/mol. The summed E-state index contributed by atoms with van der Waals surface area (Å²) in [6, 6.07) is 17.8. The van der Waals surface area contributed by atoms with Crippen molar-refractivity contribution in [1.29, 1.82) is 0 Å². The summed E-state index contributed by atoms with van der Waals surface area (Å²) in [5, 5.41) is 9.64. The predicted octanol–water partition coefficient (Wildman–Crippen LogP) is 3.50. The van der Waals surface area contributed by atoms with Gasteiger partial charge in [-0.15, -0.1) is 0 Å². The molecule has 2 aromatic rings. The van der Waals surface area contributed by atoms with Gasteiger partial charge >= 0.3 is 5.97 Å². The van der Waals surface area contributed by atoms with Crippen molar-refractivity contribution in [2.45, 2.75) is 24.7 Å². The first-order valence-electron chi connectivity index (χ1n) is 6.50. The topological polar surface area (TPSA) is 37.3 Å². The lowest BCUT2D eigenvalue weighted by Gasteiger charge is -2.13. The van der Waals surface area contributed by atoms with E-state index in [1.807, 2.05) is 61.5 Å². The van der Waals surface area contributed by atoms with Crippen LogP contribution in [0.3, 0.4) is 0 Å². The molecule has 0 radical (unpaired) electrons. The summed E-state index contributed by atoms with van der Waals surface area (Å²) >= 11 is 0. The van der Waals surface area contributed by atoms with Crippen LogP contribution in [0.1, 0.15) is 29.0 Å². The number of hydrogen-bond donors (Lipinski definition) is 1. The lowest BCUT2D eigenvalue weighted by Crippen LogP contribution is -2.21. The molecule has 0 aliphatic heterocycles. The minimum atomic E-state index is -0.726. The number of aliphatic carboxylic acids is 1. The summed E-state index contributed by atoms with van der Waals surface area (Å²) in [5.41, 5.74) is 2.51. The fraction of sp³-hybridized carbons (Fsp3) is 0.235. The fourth-order valence-corrected chi connectivity index (χ4v) is 2.88. The van der Waals surface area contributed by atoms with E-state index in [1.54, 1.807) is 0 Å². The Kier molecular flexibility index (Phi) is 2.67. The van der Waals surface area contributed by atoms with Gasteiger partial charge in [0, 0.05) is 5.92 Å². The quantitative estimate of drug-likeness (QED) is 0.907. The number of carboxylic acids is 1. The van der Waals surface area contributed by atoms with E-state index >= 15 is 0 Å². The summed E-state index contributed by atoms with van der Waals surface area (Å²) in [7, 11) is 0. The van der Waals surface area contributed by atoms with E-state index in [1.165, 1.54) is 5.56 Å². The van der Waals surface area contributed by atoms with E-state index in [2.05, 4.69) is 0 Å². The van der Waals surface area contributed by atoms with Crippen molar-refractivity contribution in [3.05, 3.63) is 71.3 Å². The maximum atomic E-state index is 11.7. The first kappa shape index (κ1) is 12.0. The minimum Gasteiger partial charge on any atom is -0.481 e. The lowest BCUT2D eigenvalue weighted by molar-refractivity contribution is -0.140. The molecule has 0 unspecified atom stereocenters. The van der Waals surface area contributed by atoms with E-state index in [4.69, 9.17) is 0 Å². The van der Waals surface area contributed by atoms with Crippen LogP contribution < -0.4 is 0 Å². The molecule has 0 bridgehead atoms. The Labute approximate surface area is 112 Å². The van der Waals surface area contributed by atoms with Crippen LogP contribution in [-0.4, -0.2) is 11.1 Å². The third-order valence-electron chi connectivity index (χ3n) is 4.11. The molecule has 1 aliphatic rings. The molecular weight excluding hydrogens is 236 g/mol. The SMILES string of the molecule is Cc1ccc([C@H]2C[C@@]2(C(=O)O)c2ccccc2)cc1. The molecule has 0 spiro atoms. The first-order valence-corrected chi connectivity index (χ1v) is 6.50. The van der Waals surface area contributed by atoms with Gasteiger partial charge in [0.15, 0.2) is 0 Å². The van der Waals surface area contributed by atoms with E-state index < -0.39 is 11.4 Å². The van der Waals surface area contributed by atoms with Gasteiger partial charge in [-0.1, -0.05) is 60.2 Å². The van der Waals surface area contributed by atoms with E-state index in [9.17, 15) is 9.90 Å². The molecule has 1 saturated carbocycles. The molecule has 2 nitrogen and oxygen atoms in total. The van der Waals surface area contributed by atoms with Gasteiger partial charge in [0.2, 0.25) is 0 Å². The Morgan fingerprint density at radius 2 is 1.74 bits per heavy atom. The number of aryl methyl sites for hydroxylation is 1. The van der Waals surface area contributed by atoms with Crippen LogP contribution in [0, 0.1) is 6.92 Å². The molecule has 96 valence electrons. The molecule has 1 N–H and O–H groups in total. The molecule has 3 rings (SSSR count). The highest BCUT2D eigenvalue weighted by Crippen LogP contribution is 2.60. The molecule has 2 aromatic carbocycles. The Morgan fingerprint density at radius 1 is 1.11 bits per heavy atom. The molecule has 1 aliphatic carbocycles. The first-order chi connectivity index (χ1) is 9.14. The van der Waals surface area contributed by atoms with Crippen LogP contribution in [0.2, 0.25) is 0 Å². The second-order valence-corrected chi connectivity index (χ2v) is 5.31. The van der Waals surface area contributed by atoms with Crippen molar-refractivity contribution in [2.75, 3.05) is 0 Å². The minimum absolute atomic E-state index is 0.0907. The third kappa shape index (κ3) is 1.84. The van der Waals surface area contributed by atoms with E-state index in [0.717, 1.165) is 11.1 Å². The largest absolute Gasteiger partial charge is 0.481 e. The molecule has 0 amide bonds. The van der Waals surface area contributed by atoms with Crippen molar-refractivity contribution >= 4 is 5.97 Å². The zero-order valence-electron chi connectivity index (χ0n) is 10.8. The second kappa shape index (κ2) is 4.23. The average Bonchev–Trinajstić information content (AvgIpc) is 3.17. The van der Waals surface area contributed by atoms with Gasteiger partial charge in [-0.25, -0.2) is 0 Å². The van der Waals surface area contributed by atoms with Crippen molar-refractivity contribution in [1.82, 2.24) is 0 Å². The second-order valence-electron chi connectivity index (χ2n) is 5.31. The van der Waals surface area contributed by atoms with E-state index in [-0.39, 0.29) is 5.92 Å². The van der Waals surface area contributed by atoms with Crippen LogP contribution in [0.4, 0.5) is 0 Å². The molecule has 0 heterocycles. The molecule has 19 heavy (non-hydrogen) atoms. The van der Waals surface area contributed by atoms with Gasteiger partial charge < -0.3 is 5.11 Å². The summed E-state index contributed by atoms with van der Waals surface area (Å²) < 4.78 is 0. The lowest BCUT2D eigenvalue weighted by atomic mass is 9.91. The summed E-state index contributed by atoms with van der Waals surface area (Å²) in [4.78, 5) is 11.7. The zero-order valence-corrected chi connectivity index (χ0v) is 10.8. The molecule has 2 atom stereocenters. The van der Waals surface area contributed by atoms with Crippen molar-refractivity contribution in [2.24, 2.45) is 0 Å². The highest BCUT2D eigenvalue weighted by atomic mass is 16.4. The van der Waals surface area contributed by atoms with Crippen LogP contribution in [0.5, 0.6) is 0 Å². The summed E-state index contributed by atoms with van der Waals surface area (Å²) in [6.45, 7) is 2.04. The Hall–Kier alpha value is -2.09. The van der Waals surface area contributed by atoms with Crippen LogP contribution in [-0.2, 0) is 10.2 Å². The van der Waals surface area contributed by atoms with Gasteiger partial charge in [-0.3, -0.25) is 4.79 Å². The summed E-state index contributed by atoms with van der Waals surface area (Å²) in [6.07, 6.45) is 0.690. The number of benzene rings is 2. The van der Waals surface area contributed by atoms with Gasteiger partial charge in [0.25, 0.3) is 0 Å². The smallest absolute Gasteiger partial charge is 0.314 e. The number of carboxylic acid groups (broad SMARTS) is 1. The van der Waals surface area contributed by atoms with Crippen molar-refractivity contribution in [3.63, 3.8) is 0 Å². The van der Waals surface area contributed by atoms with Crippen LogP contribution >= 0.6 is 0 Å². The number of hydrogen-bond acceptors (Lipinski definition) is 1. The standard InChI is InChI=1S/C17H16O2/c1-12-7-9-13(10-8-12)15-11-17(15,16(18)19)14-5-3-2-4-6-14/h2-10,15H,11H2,1H3,(H,18,19)/t15-,17-/m1/s1. The van der Waals surface area contributed by atoms with Crippen LogP contribution in [0.15, 0.2) is 54.6 Å². The molecule has 0 aromatic heterocycles. The molecule has 1 fully saturated rings. The number of carbonyl (C=O) groups is 1. The summed E-state index contributed by atoms with van der Waals surface area (Å²) in [5.74, 6) is -0.628. The predicted molar refractivity (Wildman–Crippen MR) is 74.3 cm³/mol. The molecule has 0 saturated heterocycles. The molecular formula is C17H16O2. The van der Waals surface area contributed by atoms with Gasteiger partial charge in [-0.2, -0.15) is 0 Å². The van der Waals surface area contributed by atoms with Gasteiger partial charge in [-0.05, 0) is 24.5 Å². The highest BCUT2D eigenvalue weighted by Gasteiger charge is 2.61. The van der Waals surface area contributed by atoms with Crippen LogP contribution in [0.25, 0.3) is 0 Å². The van der Waals surface area contributed by atoms with Gasteiger partial charge in [0.1, 0.15) is 5.41 Å². The third-order valence-corrected chi connectivity index (χ3v) is 4.11. The normalized spacial score (nSPS) is 25.0. The molecule has 2 heteroatoms. The van der Waals surface area contributed by atoms with Gasteiger partial charge in [0.05, 0.1) is 0 Å². The number of rotatable bonds is 3. The highest BCUT2D eigenvalue weighted by molar-refractivity contribution is 5.87. The van der Waals surface area contributed by atoms with Crippen molar-refractivity contribution in [3.8, 4) is 0 Å². The monoisotopic (exact) mass is 252 g/mol. The van der Waals surface area contributed by atoms with Crippen molar-refractivity contribution < 1.29 is 9.90 Å². The zero-order chi connectivity index (χ0) is 13.5. The Morgan fingerprint density at radius 3 is 2.32 bits per heavy atom. The maximum absolute atomic E-state index is 11.7. The Bertz CT molecular complexity index is 601.